The molecule has 0 spiro atoms. The first-order valence-corrected chi connectivity index (χ1v) is 13.8. The van der Waals surface area contributed by atoms with Crippen LogP contribution in [0.1, 0.15) is 60.9 Å². The molecule has 2 aromatic carbocycles. The second-order valence-electron chi connectivity index (χ2n) is 10.1. The number of hydrogen-bond acceptors (Lipinski definition) is 6. The third-order valence-corrected chi connectivity index (χ3v) is 8.83. The quantitative estimate of drug-likeness (QED) is 0.339. The second-order valence-corrected chi connectivity index (χ2v) is 11.1. The van der Waals surface area contributed by atoms with E-state index in [4.69, 9.17) is 9.47 Å². The van der Waals surface area contributed by atoms with Crippen molar-refractivity contribution in [1.29, 1.82) is 0 Å². The van der Waals surface area contributed by atoms with E-state index >= 15 is 0 Å². The number of ether oxygens (including phenoxy) is 2. The van der Waals surface area contributed by atoms with Crippen LogP contribution in [0.4, 0.5) is 9.39 Å². The molecule has 3 aromatic rings. The zero-order chi connectivity index (χ0) is 25.2. The minimum atomic E-state index is -0.471. The topological polar surface area (TPSA) is 42.0 Å². The predicted molar refractivity (Wildman–Crippen MR) is 145 cm³/mol. The molecule has 2 aliphatic rings. The molecule has 1 aliphatic heterocycles. The third-order valence-electron chi connectivity index (χ3n) is 7.51. The minimum absolute atomic E-state index is 0.120. The standard InChI is InChI=1S/C29H35FN2O3S/c1-31(2)29-27(21-17-22(30)25(34-3)18-26(21)36-29)28(33)19-11-13-20(14-12-19)35-24-10-6-5-9-23(24)32-15-7-4-8-16-32/h11-14,17-18,23-24H,4-10,15-16H2,1-3H3/t23-,24-/m0/s1. The fraction of sp³-hybridized carbons (Fsp3) is 0.483. The molecule has 192 valence electrons. The van der Waals surface area contributed by atoms with Gasteiger partial charge in [0, 0.05) is 41.9 Å². The number of rotatable bonds is 7. The molecule has 1 saturated heterocycles. The van der Waals surface area contributed by atoms with Crippen LogP contribution in [0.2, 0.25) is 0 Å². The highest BCUT2D eigenvalue weighted by Crippen LogP contribution is 2.41. The summed E-state index contributed by atoms with van der Waals surface area (Å²) in [5, 5.41) is 1.41. The number of likely N-dealkylation sites (tertiary alicyclic amines) is 1. The molecule has 2 fully saturated rings. The maximum Gasteiger partial charge on any atom is 0.196 e. The zero-order valence-corrected chi connectivity index (χ0v) is 22.2. The van der Waals surface area contributed by atoms with Gasteiger partial charge in [0.25, 0.3) is 0 Å². The van der Waals surface area contributed by atoms with Gasteiger partial charge in [-0.2, -0.15) is 0 Å². The van der Waals surface area contributed by atoms with Crippen LogP contribution < -0.4 is 14.4 Å². The SMILES string of the molecule is COc1cc2sc(N(C)C)c(C(=O)c3ccc(O[C@H]4CCCC[C@@H]4N4CCCCC4)cc3)c2cc1F. The van der Waals surface area contributed by atoms with Crippen molar-refractivity contribution in [2.45, 2.75) is 57.1 Å². The first kappa shape index (κ1) is 25.0. The van der Waals surface area contributed by atoms with E-state index in [1.807, 2.05) is 43.3 Å². The number of ketones is 1. The average Bonchev–Trinajstić information content (AvgIpc) is 3.27. The van der Waals surface area contributed by atoms with E-state index in [-0.39, 0.29) is 17.6 Å². The molecular formula is C29H35FN2O3S. The van der Waals surface area contributed by atoms with Crippen molar-refractivity contribution in [3.8, 4) is 11.5 Å². The monoisotopic (exact) mass is 510 g/mol. The molecule has 2 heterocycles. The second kappa shape index (κ2) is 10.8. The summed E-state index contributed by atoms with van der Waals surface area (Å²) >= 11 is 1.46. The number of anilines is 1. The van der Waals surface area contributed by atoms with Crippen molar-refractivity contribution >= 4 is 32.2 Å². The Morgan fingerprint density at radius 1 is 1.03 bits per heavy atom. The third kappa shape index (κ3) is 4.96. The molecule has 0 radical (unpaired) electrons. The van der Waals surface area contributed by atoms with Gasteiger partial charge in [-0.25, -0.2) is 4.39 Å². The number of hydrogen-bond donors (Lipinski definition) is 0. The number of carbonyl (C=O) groups is 1. The van der Waals surface area contributed by atoms with Gasteiger partial charge >= 0.3 is 0 Å². The number of thiophene rings is 1. The van der Waals surface area contributed by atoms with E-state index in [2.05, 4.69) is 4.90 Å². The summed E-state index contributed by atoms with van der Waals surface area (Å²) in [7, 11) is 5.24. The Morgan fingerprint density at radius 3 is 2.44 bits per heavy atom. The highest BCUT2D eigenvalue weighted by atomic mass is 32.1. The van der Waals surface area contributed by atoms with E-state index in [1.165, 1.54) is 76.1 Å². The Hall–Kier alpha value is -2.64. The Kier molecular flexibility index (Phi) is 7.49. The Morgan fingerprint density at radius 2 is 1.75 bits per heavy atom. The lowest BCUT2D eigenvalue weighted by atomic mass is 9.90. The maximum absolute atomic E-state index is 14.6. The molecule has 0 unspecified atom stereocenters. The average molecular weight is 511 g/mol. The van der Waals surface area contributed by atoms with Gasteiger partial charge in [0.05, 0.1) is 12.7 Å². The molecule has 1 saturated carbocycles. The summed E-state index contributed by atoms with van der Waals surface area (Å²) in [6.07, 6.45) is 8.82. The lowest BCUT2D eigenvalue weighted by Gasteiger charge is -2.41. The van der Waals surface area contributed by atoms with Gasteiger partial charge in [-0.3, -0.25) is 9.69 Å². The molecule has 0 amide bonds. The van der Waals surface area contributed by atoms with Gasteiger partial charge < -0.3 is 14.4 Å². The normalized spacial score (nSPS) is 20.9. The van der Waals surface area contributed by atoms with Gasteiger partial charge in [-0.1, -0.05) is 12.8 Å². The van der Waals surface area contributed by atoms with Crippen molar-refractivity contribution in [3.63, 3.8) is 0 Å². The van der Waals surface area contributed by atoms with E-state index in [9.17, 15) is 9.18 Å². The fourth-order valence-electron chi connectivity index (χ4n) is 5.66. The Labute approximate surface area is 216 Å². The Bertz CT molecular complexity index is 1220. The summed E-state index contributed by atoms with van der Waals surface area (Å²) < 4.78 is 27.0. The molecule has 2 atom stereocenters. The van der Waals surface area contributed by atoms with Crippen LogP contribution in [-0.4, -0.2) is 57.1 Å². The van der Waals surface area contributed by atoms with Crippen molar-refractivity contribution in [2.24, 2.45) is 0 Å². The first-order chi connectivity index (χ1) is 17.5. The Balaban J connectivity index is 1.38. The highest BCUT2D eigenvalue weighted by Gasteiger charge is 2.32. The molecule has 1 aromatic heterocycles. The molecule has 36 heavy (non-hydrogen) atoms. The van der Waals surface area contributed by atoms with E-state index in [1.54, 1.807) is 6.07 Å². The van der Waals surface area contributed by atoms with Crippen LogP contribution in [0.15, 0.2) is 36.4 Å². The fourth-order valence-corrected chi connectivity index (χ4v) is 6.79. The summed E-state index contributed by atoms with van der Waals surface area (Å²) in [5.74, 6) is 0.394. The number of benzene rings is 2. The number of halogens is 1. The van der Waals surface area contributed by atoms with Crippen LogP contribution in [-0.2, 0) is 0 Å². The lowest BCUT2D eigenvalue weighted by molar-refractivity contribution is 0.0261. The zero-order valence-electron chi connectivity index (χ0n) is 21.4. The molecule has 0 N–H and O–H groups in total. The first-order valence-electron chi connectivity index (χ1n) is 13.0. The molecule has 1 aliphatic carbocycles. The molecule has 0 bridgehead atoms. The summed E-state index contributed by atoms with van der Waals surface area (Å²) in [6.45, 7) is 2.35. The van der Waals surface area contributed by atoms with Crippen LogP contribution in [0.3, 0.4) is 0 Å². The predicted octanol–water partition coefficient (Wildman–Crippen LogP) is 6.52. The molecule has 5 rings (SSSR count). The van der Waals surface area contributed by atoms with Gasteiger partial charge in [0.1, 0.15) is 16.9 Å². The number of carbonyl (C=O) groups excluding carboxylic acids is 1. The van der Waals surface area contributed by atoms with E-state index in [0.717, 1.165) is 21.9 Å². The van der Waals surface area contributed by atoms with Crippen molar-refractivity contribution < 1.29 is 18.7 Å². The smallest absolute Gasteiger partial charge is 0.196 e. The van der Waals surface area contributed by atoms with Crippen molar-refractivity contribution in [2.75, 3.05) is 39.2 Å². The maximum atomic E-state index is 14.6. The van der Waals surface area contributed by atoms with Gasteiger partial charge in [0.15, 0.2) is 17.3 Å². The number of fused-ring (bicyclic) bond motifs is 1. The molecular weight excluding hydrogens is 475 g/mol. The molecule has 5 nitrogen and oxygen atoms in total. The summed E-state index contributed by atoms with van der Waals surface area (Å²) in [6, 6.07) is 11.0. The van der Waals surface area contributed by atoms with Crippen LogP contribution in [0.5, 0.6) is 11.5 Å². The highest BCUT2D eigenvalue weighted by molar-refractivity contribution is 7.23. The summed E-state index contributed by atoms with van der Waals surface area (Å²) in [4.78, 5) is 18.2. The summed E-state index contributed by atoms with van der Waals surface area (Å²) in [5.41, 5.74) is 1.09. The van der Waals surface area contributed by atoms with E-state index in [0.29, 0.717) is 22.6 Å². The largest absolute Gasteiger partial charge is 0.494 e. The molecule has 7 heteroatoms. The number of piperidine rings is 1. The van der Waals surface area contributed by atoms with Crippen molar-refractivity contribution in [1.82, 2.24) is 4.90 Å². The van der Waals surface area contributed by atoms with Crippen molar-refractivity contribution in [3.05, 3.63) is 53.3 Å². The number of methoxy groups -OCH3 is 1. The minimum Gasteiger partial charge on any atom is -0.494 e. The van der Waals surface area contributed by atoms with Crippen LogP contribution in [0.25, 0.3) is 10.1 Å². The lowest BCUT2D eigenvalue weighted by Crippen LogP contribution is -2.49. The van der Waals surface area contributed by atoms with Gasteiger partial charge in [-0.05, 0) is 75.5 Å². The van der Waals surface area contributed by atoms with Gasteiger partial charge in [-0.15, -0.1) is 11.3 Å². The number of nitrogens with zero attached hydrogens (tertiary/aromatic N) is 2. The van der Waals surface area contributed by atoms with Crippen LogP contribution in [0, 0.1) is 5.82 Å². The van der Waals surface area contributed by atoms with Crippen LogP contribution >= 0.6 is 11.3 Å². The van der Waals surface area contributed by atoms with E-state index < -0.39 is 5.82 Å². The van der Waals surface area contributed by atoms with Gasteiger partial charge in [0.2, 0.25) is 0 Å².